The van der Waals surface area contributed by atoms with Gasteiger partial charge in [-0.1, -0.05) is 12.2 Å². The first kappa shape index (κ1) is 13.1. The van der Waals surface area contributed by atoms with Gasteiger partial charge in [0.15, 0.2) is 0 Å². The van der Waals surface area contributed by atoms with E-state index in [-0.39, 0.29) is 11.8 Å². The highest BCUT2D eigenvalue weighted by Gasteiger charge is 2.22. The van der Waals surface area contributed by atoms with Gasteiger partial charge in [-0.05, 0) is 44.7 Å². The highest BCUT2D eigenvalue weighted by molar-refractivity contribution is 5.79. The van der Waals surface area contributed by atoms with Crippen LogP contribution in [0.1, 0.15) is 25.7 Å². The van der Waals surface area contributed by atoms with Crippen molar-refractivity contribution in [2.24, 2.45) is 11.8 Å². The summed E-state index contributed by atoms with van der Waals surface area (Å²) in [6, 6.07) is 2.19. The third kappa shape index (κ3) is 3.58. The van der Waals surface area contributed by atoms with Gasteiger partial charge in [-0.15, -0.1) is 0 Å². The van der Waals surface area contributed by atoms with Crippen LogP contribution in [0.4, 0.5) is 0 Å². The third-order valence-corrected chi connectivity index (χ3v) is 3.95. The predicted octanol–water partition coefficient (Wildman–Crippen LogP) is 1.30. The Balaban J connectivity index is 1.63. The van der Waals surface area contributed by atoms with Crippen molar-refractivity contribution in [1.82, 2.24) is 10.2 Å². The van der Waals surface area contributed by atoms with Crippen molar-refractivity contribution in [3.63, 3.8) is 0 Å². The predicted molar refractivity (Wildman–Crippen MR) is 69.7 cm³/mol. The van der Waals surface area contributed by atoms with Gasteiger partial charge in [0.05, 0.1) is 12.6 Å². The van der Waals surface area contributed by atoms with E-state index in [0.29, 0.717) is 12.5 Å². The zero-order valence-electron chi connectivity index (χ0n) is 10.8. The topological polar surface area (TPSA) is 56.1 Å². The standard InChI is InChI=1S/C14H21N3O/c15-7-10-17-8-5-12(6-9-17)11-16-14(18)13-3-1-2-4-13/h1-2,12-13H,3-6,8-11H2,(H,16,18). The lowest BCUT2D eigenvalue weighted by Gasteiger charge is -2.30. The summed E-state index contributed by atoms with van der Waals surface area (Å²) >= 11 is 0. The van der Waals surface area contributed by atoms with Crippen LogP contribution in [-0.4, -0.2) is 37.0 Å². The average molecular weight is 247 g/mol. The van der Waals surface area contributed by atoms with Crippen LogP contribution in [0.2, 0.25) is 0 Å². The summed E-state index contributed by atoms with van der Waals surface area (Å²) in [5.41, 5.74) is 0. The second kappa shape index (κ2) is 6.55. The maximum absolute atomic E-state index is 11.9. The van der Waals surface area contributed by atoms with E-state index in [2.05, 4.69) is 28.4 Å². The molecule has 1 aliphatic heterocycles. The molecule has 1 amide bonds. The molecule has 98 valence electrons. The first-order valence-corrected chi connectivity index (χ1v) is 6.81. The van der Waals surface area contributed by atoms with E-state index in [1.165, 1.54) is 0 Å². The van der Waals surface area contributed by atoms with Crippen molar-refractivity contribution in [2.75, 3.05) is 26.2 Å². The second-order valence-corrected chi connectivity index (χ2v) is 5.26. The zero-order valence-corrected chi connectivity index (χ0v) is 10.8. The monoisotopic (exact) mass is 247 g/mol. The minimum atomic E-state index is 0.170. The number of nitrogens with one attached hydrogen (secondary N) is 1. The van der Waals surface area contributed by atoms with Crippen LogP contribution in [-0.2, 0) is 4.79 Å². The number of amides is 1. The van der Waals surface area contributed by atoms with Crippen LogP contribution in [0, 0.1) is 23.2 Å². The summed E-state index contributed by atoms with van der Waals surface area (Å²) in [5, 5.41) is 11.7. The molecule has 0 aromatic rings. The Labute approximate surface area is 109 Å². The van der Waals surface area contributed by atoms with E-state index in [0.717, 1.165) is 45.3 Å². The first-order valence-electron chi connectivity index (χ1n) is 6.81. The molecular weight excluding hydrogens is 226 g/mol. The van der Waals surface area contributed by atoms with E-state index in [4.69, 9.17) is 5.26 Å². The van der Waals surface area contributed by atoms with Crippen molar-refractivity contribution >= 4 is 5.91 Å². The fourth-order valence-electron chi connectivity index (χ4n) is 2.67. The molecule has 1 fully saturated rings. The number of carbonyl (C=O) groups is 1. The quantitative estimate of drug-likeness (QED) is 0.602. The van der Waals surface area contributed by atoms with Crippen LogP contribution >= 0.6 is 0 Å². The molecule has 0 aromatic carbocycles. The Bertz CT molecular complexity index is 343. The summed E-state index contributed by atoms with van der Waals surface area (Å²) in [5.74, 6) is 0.960. The van der Waals surface area contributed by atoms with Crippen LogP contribution in [0.5, 0.6) is 0 Å². The largest absolute Gasteiger partial charge is 0.356 e. The molecule has 2 aliphatic rings. The fraction of sp³-hybridized carbons (Fsp3) is 0.714. The Morgan fingerprint density at radius 2 is 2.00 bits per heavy atom. The number of carbonyl (C=O) groups excluding carboxylic acids is 1. The summed E-state index contributed by atoms with van der Waals surface area (Å²) in [4.78, 5) is 14.0. The van der Waals surface area contributed by atoms with Crippen LogP contribution in [0.3, 0.4) is 0 Å². The molecule has 0 saturated carbocycles. The highest BCUT2D eigenvalue weighted by Crippen LogP contribution is 2.19. The van der Waals surface area contributed by atoms with E-state index in [9.17, 15) is 4.79 Å². The van der Waals surface area contributed by atoms with Crippen molar-refractivity contribution in [1.29, 1.82) is 5.26 Å². The third-order valence-electron chi connectivity index (χ3n) is 3.95. The molecule has 1 heterocycles. The summed E-state index contributed by atoms with van der Waals surface area (Å²) in [6.07, 6.45) is 8.14. The lowest BCUT2D eigenvalue weighted by atomic mass is 9.96. The minimum absolute atomic E-state index is 0.170. The van der Waals surface area contributed by atoms with E-state index < -0.39 is 0 Å². The fourth-order valence-corrected chi connectivity index (χ4v) is 2.67. The Hall–Kier alpha value is -1.34. The molecule has 0 aromatic heterocycles. The normalized spacial score (nSPS) is 21.9. The van der Waals surface area contributed by atoms with Gasteiger partial charge in [-0.2, -0.15) is 5.26 Å². The van der Waals surface area contributed by atoms with Gasteiger partial charge in [0.1, 0.15) is 0 Å². The number of likely N-dealkylation sites (tertiary alicyclic amines) is 1. The summed E-state index contributed by atoms with van der Waals surface area (Å²) < 4.78 is 0. The minimum Gasteiger partial charge on any atom is -0.356 e. The number of hydrogen-bond donors (Lipinski definition) is 1. The SMILES string of the molecule is N#CCN1CCC(CNC(=O)C2CC=CC2)CC1. The van der Waals surface area contributed by atoms with Crippen molar-refractivity contribution < 1.29 is 4.79 Å². The summed E-state index contributed by atoms with van der Waals surface area (Å²) in [7, 11) is 0. The Morgan fingerprint density at radius 3 is 2.61 bits per heavy atom. The van der Waals surface area contributed by atoms with Crippen LogP contribution in [0.15, 0.2) is 12.2 Å². The van der Waals surface area contributed by atoms with E-state index in [1.54, 1.807) is 0 Å². The first-order chi connectivity index (χ1) is 8.79. The van der Waals surface area contributed by atoms with Crippen molar-refractivity contribution in [2.45, 2.75) is 25.7 Å². The van der Waals surface area contributed by atoms with E-state index in [1.807, 2.05) is 0 Å². The molecular formula is C14H21N3O. The molecule has 0 spiro atoms. The molecule has 0 radical (unpaired) electrons. The molecule has 0 atom stereocenters. The summed E-state index contributed by atoms with van der Waals surface area (Å²) in [6.45, 7) is 3.31. The lowest BCUT2D eigenvalue weighted by molar-refractivity contribution is -0.124. The highest BCUT2D eigenvalue weighted by atomic mass is 16.1. The molecule has 2 rings (SSSR count). The molecule has 1 aliphatic carbocycles. The molecule has 18 heavy (non-hydrogen) atoms. The van der Waals surface area contributed by atoms with Crippen LogP contribution in [0.25, 0.3) is 0 Å². The molecule has 1 N–H and O–H groups in total. The van der Waals surface area contributed by atoms with Crippen molar-refractivity contribution in [3.05, 3.63) is 12.2 Å². The van der Waals surface area contributed by atoms with Gasteiger partial charge < -0.3 is 5.32 Å². The molecule has 0 bridgehead atoms. The van der Waals surface area contributed by atoms with Gasteiger partial charge in [-0.25, -0.2) is 0 Å². The zero-order chi connectivity index (χ0) is 12.8. The van der Waals surface area contributed by atoms with Gasteiger partial charge in [-0.3, -0.25) is 9.69 Å². The van der Waals surface area contributed by atoms with Gasteiger partial charge in [0.25, 0.3) is 0 Å². The van der Waals surface area contributed by atoms with Gasteiger partial charge in [0.2, 0.25) is 5.91 Å². The van der Waals surface area contributed by atoms with Gasteiger partial charge >= 0.3 is 0 Å². The molecule has 0 unspecified atom stereocenters. The number of allylic oxidation sites excluding steroid dienone is 2. The smallest absolute Gasteiger partial charge is 0.223 e. The molecule has 4 heteroatoms. The van der Waals surface area contributed by atoms with Crippen LogP contribution < -0.4 is 5.32 Å². The molecule has 1 saturated heterocycles. The Kier molecular flexibility index (Phi) is 4.77. The average Bonchev–Trinajstić information content (AvgIpc) is 2.92. The second-order valence-electron chi connectivity index (χ2n) is 5.26. The number of rotatable bonds is 4. The van der Waals surface area contributed by atoms with E-state index >= 15 is 0 Å². The number of hydrogen-bond acceptors (Lipinski definition) is 3. The van der Waals surface area contributed by atoms with Gasteiger partial charge in [0, 0.05) is 12.5 Å². The number of piperidine rings is 1. The maximum Gasteiger partial charge on any atom is 0.223 e. The molecule has 4 nitrogen and oxygen atoms in total. The van der Waals surface area contributed by atoms with Crippen molar-refractivity contribution in [3.8, 4) is 6.07 Å². The number of nitriles is 1. The maximum atomic E-state index is 11.9. The number of nitrogens with zero attached hydrogens (tertiary/aromatic N) is 2. The lowest BCUT2D eigenvalue weighted by Crippen LogP contribution is -2.40. The Morgan fingerprint density at radius 1 is 1.33 bits per heavy atom.